The highest BCUT2D eigenvalue weighted by Gasteiger charge is 2.18. The molecule has 1 N–H and O–H groups in total. The predicted molar refractivity (Wildman–Crippen MR) is 77.1 cm³/mol. The van der Waals surface area contributed by atoms with Gasteiger partial charge in [-0.3, -0.25) is 4.98 Å². The van der Waals surface area contributed by atoms with Crippen LogP contribution in [0.5, 0.6) is 0 Å². The number of hydrogen-bond donors (Lipinski definition) is 1. The molecule has 0 fully saturated rings. The van der Waals surface area contributed by atoms with Crippen molar-refractivity contribution >= 4 is 26.0 Å². The molecule has 0 saturated carbocycles. The second-order valence-electron chi connectivity index (χ2n) is 4.08. The number of sulfonamides is 1. The van der Waals surface area contributed by atoms with Gasteiger partial charge >= 0.3 is 0 Å². The Labute approximate surface area is 121 Å². The summed E-state index contributed by atoms with van der Waals surface area (Å²) in [6.07, 6.45) is 3.28. The minimum atomic E-state index is -3.53. The number of hydrogen-bond acceptors (Lipinski definition) is 3. The fraction of sp³-hybridized carbons (Fsp3) is 0.154. The predicted octanol–water partition coefficient (Wildman–Crippen LogP) is 2.88. The third-order valence-corrected chi connectivity index (χ3v) is 4.68. The minimum absolute atomic E-state index is 0.239. The van der Waals surface area contributed by atoms with Crippen LogP contribution in [0.2, 0.25) is 0 Å². The SMILES string of the molecule is CC(NS(=O)(=O)c1cccc(Br)c1)c1ccncc1. The Morgan fingerprint density at radius 1 is 1.21 bits per heavy atom. The Hall–Kier alpha value is -1.24. The molecule has 0 spiro atoms. The van der Waals surface area contributed by atoms with Crippen LogP contribution in [-0.2, 0) is 10.0 Å². The second-order valence-corrected chi connectivity index (χ2v) is 6.71. The van der Waals surface area contributed by atoms with Crippen LogP contribution in [-0.4, -0.2) is 13.4 Å². The van der Waals surface area contributed by atoms with Crippen LogP contribution < -0.4 is 4.72 Å². The van der Waals surface area contributed by atoms with Crippen LogP contribution in [0.4, 0.5) is 0 Å². The van der Waals surface area contributed by atoms with E-state index in [0.717, 1.165) is 10.0 Å². The first kappa shape index (κ1) is 14.2. The van der Waals surface area contributed by atoms with Gasteiger partial charge < -0.3 is 0 Å². The third-order valence-electron chi connectivity index (χ3n) is 2.64. The lowest BCUT2D eigenvalue weighted by atomic mass is 10.1. The van der Waals surface area contributed by atoms with Gasteiger partial charge in [0, 0.05) is 22.9 Å². The standard InChI is InChI=1S/C13H13BrN2O2S/c1-10(11-5-7-15-8-6-11)16-19(17,18)13-4-2-3-12(14)9-13/h2-10,16H,1H3. The zero-order valence-corrected chi connectivity index (χ0v) is 12.6. The lowest BCUT2D eigenvalue weighted by molar-refractivity contribution is 0.567. The summed E-state index contributed by atoms with van der Waals surface area (Å²) in [6.45, 7) is 1.80. The van der Waals surface area contributed by atoms with Crippen molar-refractivity contribution < 1.29 is 8.42 Å². The first-order valence-corrected chi connectivity index (χ1v) is 7.94. The molecule has 100 valence electrons. The van der Waals surface area contributed by atoms with E-state index in [1.165, 1.54) is 0 Å². The van der Waals surface area contributed by atoms with E-state index in [-0.39, 0.29) is 10.9 Å². The maximum atomic E-state index is 12.2. The van der Waals surface area contributed by atoms with E-state index in [2.05, 4.69) is 25.6 Å². The van der Waals surface area contributed by atoms with E-state index in [1.807, 2.05) is 0 Å². The van der Waals surface area contributed by atoms with Crippen LogP contribution in [0.3, 0.4) is 0 Å². The summed E-state index contributed by atoms with van der Waals surface area (Å²) >= 11 is 3.27. The largest absolute Gasteiger partial charge is 0.265 e. The van der Waals surface area contributed by atoms with Crippen LogP contribution >= 0.6 is 15.9 Å². The first-order chi connectivity index (χ1) is 8.99. The summed E-state index contributed by atoms with van der Waals surface area (Å²) in [6, 6.07) is 9.86. The lowest BCUT2D eigenvalue weighted by Gasteiger charge is -2.14. The topological polar surface area (TPSA) is 59.1 Å². The Bertz CT molecular complexity index is 659. The van der Waals surface area contributed by atoms with Gasteiger partial charge in [-0.05, 0) is 42.8 Å². The van der Waals surface area contributed by atoms with Crippen molar-refractivity contribution in [2.75, 3.05) is 0 Å². The molecule has 0 bridgehead atoms. The Balaban J connectivity index is 2.23. The molecule has 1 unspecified atom stereocenters. The summed E-state index contributed by atoms with van der Waals surface area (Å²) in [7, 11) is -3.53. The van der Waals surface area contributed by atoms with Crippen molar-refractivity contribution in [2.45, 2.75) is 17.9 Å². The Kier molecular flexibility index (Phi) is 4.34. The second kappa shape index (κ2) is 5.81. The summed E-state index contributed by atoms with van der Waals surface area (Å²) in [5, 5.41) is 0. The minimum Gasteiger partial charge on any atom is -0.265 e. The van der Waals surface area contributed by atoms with Crippen LogP contribution in [0.1, 0.15) is 18.5 Å². The van der Waals surface area contributed by atoms with Gasteiger partial charge in [0.25, 0.3) is 0 Å². The van der Waals surface area contributed by atoms with Gasteiger partial charge in [-0.25, -0.2) is 13.1 Å². The average Bonchev–Trinajstić information content (AvgIpc) is 2.39. The summed E-state index contributed by atoms with van der Waals surface area (Å²) in [4.78, 5) is 4.15. The van der Waals surface area contributed by atoms with Crippen molar-refractivity contribution in [3.8, 4) is 0 Å². The molecule has 2 rings (SSSR count). The Morgan fingerprint density at radius 3 is 2.53 bits per heavy atom. The van der Waals surface area contributed by atoms with E-state index in [9.17, 15) is 8.42 Å². The van der Waals surface area contributed by atoms with Gasteiger partial charge in [0.05, 0.1) is 4.90 Å². The molecular formula is C13H13BrN2O2S. The smallest absolute Gasteiger partial charge is 0.241 e. The monoisotopic (exact) mass is 340 g/mol. The molecule has 6 heteroatoms. The molecule has 1 aromatic heterocycles. The van der Waals surface area contributed by atoms with Crippen LogP contribution in [0.25, 0.3) is 0 Å². The highest BCUT2D eigenvalue weighted by atomic mass is 79.9. The molecule has 1 aromatic carbocycles. The zero-order chi connectivity index (χ0) is 13.9. The van der Waals surface area contributed by atoms with Crippen molar-refractivity contribution in [1.29, 1.82) is 0 Å². The fourth-order valence-electron chi connectivity index (χ4n) is 1.66. The van der Waals surface area contributed by atoms with Gasteiger partial charge in [0.2, 0.25) is 10.0 Å². The molecule has 0 amide bonds. The quantitative estimate of drug-likeness (QED) is 0.930. The van der Waals surface area contributed by atoms with E-state index in [0.29, 0.717) is 0 Å². The molecule has 1 heterocycles. The van der Waals surface area contributed by atoms with Gasteiger partial charge in [-0.15, -0.1) is 0 Å². The molecule has 1 atom stereocenters. The number of nitrogens with one attached hydrogen (secondary N) is 1. The number of halogens is 1. The number of aromatic nitrogens is 1. The molecule has 0 aliphatic carbocycles. The first-order valence-electron chi connectivity index (χ1n) is 5.67. The Morgan fingerprint density at radius 2 is 1.89 bits per heavy atom. The summed E-state index contributed by atoms with van der Waals surface area (Å²) in [5.41, 5.74) is 0.869. The maximum Gasteiger partial charge on any atom is 0.241 e. The normalized spacial score (nSPS) is 13.2. The van der Waals surface area contributed by atoms with Gasteiger partial charge in [-0.2, -0.15) is 0 Å². The van der Waals surface area contributed by atoms with E-state index in [1.54, 1.807) is 55.7 Å². The van der Waals surface area contributed by atoms with E-state index >= 15 is 0 Å². The summed E-state index contributed by atoms with van der Waals surface area (Å²) < 4.78 is 27.8. The highest BCUT2D eigenvalue weighted by Crippen LogP contribution is 2.19. The molecule has 0 radical (unpaired) electrons. The average molecular weight is 341 g/mol. The number of nitrogens with zero attached hydrogens (tertiary/aromatic N) is 1. The van der Waals surface area contributed by atoms with Crippen LogP contribution in [0.15, 0.2) is 58.2 Å². The molecule has 4 nitrogen and oxygen atoms in total. The van der Waals surface area contributed by atoms with Crippen molar-refractivity contribution in [3.63, 3.8) is 0 Å². The van der Waals surface area contributed by atoms with Gasteiger partial charge in [0.1, 0.15) is 0 Å². The van der Waals surface area contributed by atoms with Crippen molar-refractivity contribution in [2.24, 2.45) is 0 Å². The highest BCUT2D eigenvalue weighted by molar-refractivity contribution is 9.10. The van der Waals surface area contributed by atoms with E-state index in [4.69, 9.17) is 0 Å². The molecule has 0 aliphatic heterocycles. The van der Waals surface area contributed by atoms with Crippen molar-refractivity contribution in [3.05, 3.63) is 58.8 Å². The summed E-state index contributed by atoms with van der Waals surface area (Å²) in [5.74, 6) is 0. The number of rotatable bonds is 4. The fourth-order valence-corrected chi connectivity index (χ4v) is 3.48. The third kappa shape index (κ3) is 3.62. The van der Waals surface area contributed by atoms with Crippen LogP contribution in [0, 0.1) is 0 Å². The number of pyridine rings is 1. The molecular weight excluding hydrogens is 328 g/mol. The molecule has 19 heavy (non-hydrogen) atoms. The molecule has 0 saturated heterocycles. The van der Waals surface area contributed by atoms with Gasteiger partial charge in [0.15, 0.2) is 0 Å². The molecule has 0 aliphatic rings. The van der Waals surface area contributed by atoms with Gasteiger partial charge in [-0.1, -0.05) is 22.0 Å². The van der Waals surface area contributed by atoms with E-state index < -0.39 is 10.0 Å². The van der Waals surface area contributed by atoms with Crippen molar-refractivity contribution in [1.82, 2.24) is 9.71 Å². The zero-order valence-electron chi connectivity index (χ0n) is 10.2. The molecule has 2 aromatic rings. The maximum absolute atomic E-state index is 12.2. The number of benzene rings is 1. The lowest BCUT2D eigenvalue weighted by Crippen LogP contribution is -2.26.